The summed E-state index contributed by atoms with van der Waals surface area (Å²) in [7, 11) is 0. The predicted octanol–water partition coefficient (Wildman–Crippen LogP) is 3.18. The Morgan fingerprint density at radius 1 is 1.54 bits per heavy atom. The summed E-state index contributed by atoms with van der Waals surface area (Å²) in [6.07, 6.45) is 3.62. The number of rotatable bonds is 1. The zero-order valence-corrected chi connectivity index (χ0v) is 8.71. The Bertz CT molecular complexity index is 456. The molecule has 0 aromatic carbocycles. The maximum atomic E-state index is 5.06. The number of pyridine rings is 1. The Labute approximate surface area is 85.3 Å². The summed E-state index contributed by atoms with van der Waals surface area (Å²) in [5.74, 6) is 0. The number of aromatic nitrogens is 2. The van der Waals surface area contributed by atoms with Gasteiger partial charge < -0.3 is 4.98 Å². The highest BCUT2D eigenvalue weighted by molar-refractivity contribution is 7.73. The lowest BCUT2D eigenvalue weighted by atomic mass is 10.2. The van der Waals surface area contributed by atoms with Gasteiger partial charge in [-0.15, -0.1) is 11.3 Å². The maximum Gasteiger partial charge on any atom is 0.159 e. The van der Waals surface area contributed by atoms with Crippen molar-refractivity contribution in [1.29, 1.82) is 0 Å². The minimum atomic E-state index is 0.816. The number of H-pyrrole nitrogens is 1. The Balaban J connectivity index is 2.59. The average molecular weight is 208 g/mol. The number of aryl methyl sites for hydroxylation is 1. The summed E-state index contributed by atoms with van der Waals surface area (Å²) >= 11 is 6.65. The third kappa shape index (κ3) is 1.68. The van der Waals surface area contributed by atoms with Crippen LogP contribution in [0.1, 0.15) is 5.69 Å². The molecule has 2 heterocycles. The fourth-order valence-corrected chi connectivity index (χ4v) is 2.41. The minimum absolute atomic E-state index is 0.816. The van der Waals surface area contributed by atoms with E-state index in [1.165, 1.54) is 4.88 Å². The smallest absolute Gasteiger partial charge is 0.159 e. The van der Waals surface area contributed by atoms with Crippen LogP contribution < -0.4 is 0 Å². The fourth-order valence-electron chi connectivity index (χ4n) is 1.18. The molecule has 0 bridgehead atoms. The summed E-state index contributed by atoms with van der Waals surface area (Å²) in [6, 6.07) is 3.96. The van der Waals surface area contributed by atoms with Crippen molar-refractivity contribution in [2.45, 2.75) is 6.92 Å². The van der Waals surface area contributed by atoms with E-state index in [1.807, 2.05) is 25.3 Å². The zero-order valence-electron chi connectivity index (χ0n) is 7.07. The van der Waals surface area contributed by atoms with Crippen LogP contribution in [0.5, 0.6) is 0 Å². The van der Waals surface area contributed by atoms with Gasteiger partial charge in [0.1, 0.15) is 0 Å². The molecule has 0 saturated carbocycles. The van der Waals surface area contributed by atoms with Gasteiger partial charge in [-0.25, -0.2) is 0 Å². The molecule has 2 aromatic heterocycles. The number of hydrogen-bond acceptors (Lipinski definition) is 3. The van der Waals surface area contributed by atoms with Crippen molar-refractivity contribution in [2.75, 3.05) is 0 Å². The zero-order chi connectivity index (χ0) is 9.26. The third-order valence-electron chi connectivity index (χ3n) is 1.75. The Hall–Kier alpha value is -1.00. The SMILES string of the molecule is Cc1[nH]c(=S)sc1-c1cccnc1. The quantitative estimate of drug-likeness (QED) is 0.729. The van der Waals surface area contributed by atoms with E-state index in [1.54, 1.807) is 17.5 Å². The predicted molar refractivity (Wildman–Crippen MR) is 57.5 cm³/mol. The number of thiazole rings is 1. The van der Waals surface area contributed by atoms with E-state index in [2.05, 4.69) is 9.97 Å². The molecule has 2 rings (SSSR count). The Morgan fingerprint density at radius 2 is 2.38 bits per heavy atom. The van der Waals surface area contributed by atoms with E-state index in [4.69, 9.17) is 12.2 Å². The van der Waals surface area contributed by atoms with Gasteiger partial charge in [-0.2, -0.15) is 0 Å². The molecule has 66 valence electrons. The molecule has 0 radical (unpaired) electrons. The average Bonchev–Trinajstić information content (AvgIpc) is 2.47. The topological polar surface area (TPSA) is 28.7 Å². The molecular weight excluding hydrogens is 200 g/mol. The van der Waals surface area contributed by atoms with Crippen molar-refractivity contribution < 1.29 is 0 Å². The second kappa shape index (κ2) is 3.40. The van der Waals surface area contributed by atoms with Crippen molar-refractivity contribution in [3.05, 3.63) is 34.2 Å². The first-order valence-electron chi connectivity index (χ1n) is 3.87. The summed E-state index contributed by atoms with van der Waals surface area (Å²) in [5.41, 5.74) is 2.24. The van der Waals surface area contributed by atoms with Crippen molar-refractivity contribution >= 4 is 23.6 Å². The molecular formula is C9H8N2S2. The lowest BCUT2D eigenvalue weighted by Gasteiger charge is -1.95. The van der Waals surface area contributed by atoms with Crippen LogP contribution in [0.3, 0.4) is 0 Å². The van der Waals surface area contributed by atoms with Gasteiger partial charge in [-0.3, -0.25) is 4.98 Å². The minimum Gasteiger partial charge on any atom is -0.341 e. The first-order chi connectivity index (χ1) is 6.27. The van der Waals surface area contributed by atoms with E-state index in [0.717, 1.165) is 15.2 Å². The number of nitrogens with zero attached hydrogens (tertiary/aromatic N) is 1. The Morgan fingerprint density at radius 3 is 2.92 bits per heavy atom. The lowest BCUT2D eigenvalue weighted by molar-refractivity contribution is 1.25. The van der Waals surface area contributed by atoms with Crippen LogP contribution in [0.25, 0.3) is 10.4 Å². The monoisotopic (exact) mass is 208 g/mol. The maximum absolute atomic E-state index is 5.06. The van der Waals surface area contributed by atoms with Crippen LogP contribution >= 0.6 is 23.6 Å². The summed E-state index contributed by atoms with van der Waals surface area (Å²) in [5, 5.41) is 0. The molecule has 0 unspecified atom stereocenters. The van der Waals surface area contributed by atoms with E-state index in [9.17, 15) is 0 Å². The molecule has 0 fully saturated rings. The molecule has 4 heteroatoms. The highest BCUT2D eigenvalue weighted by atomic mass is 32.1. The normalized spacial score (nSPS) is 10.2. The van der Waals surface area contributed by atoms with Crippen LogP contribution in [-0.2, 0) is 0 Å². The number of nitrogens with one attached hydrogen (secondary N) is 1. The molecule has 0 saturated heterocycles. The molecule has 2 aromatic rings. The van der Waals surface area contributed by atoms with E-state index < -0.39 is 0 Å². The first-order valence-corrected chi connectivity index (χ1v) is 5.10. The molecule has 0 atom stereocenters. The molecule has 0 spiro atoms. The van der Waals surface area contributed by atoms with Crippen LogP contribution in [0, 0.1) is 10.9 Å². The Kier molecular flexibility index (Phi) is 2.24. The summed E-state index contributed by atoms with van der Waals surface area (Å²) in [6.45, 7) is 2.02. The molecule has 0 aliphatic heterocycles. The van der Waals surface area contributed by atoms with Gasteiger partial charge in [0.25, 0.3) is 0 Å². The van der Waals surface area contributed by atoms with E-state index in [0.29, 0.717) is 0 Å². The van der Waals surface area contributed by atoms with Gasteiger partial charge in [0, 0.05) is 23.7 Å². The summed E-state index contributed by atoms with van der Waals surface area (Å²) < 4.78 is 0.816. The largest absolute Gasteiger partial charge is 0.341 e. The van der Waals surface area contributed by atoms with Gasteiger partial charge in [-0.05, 0) is 25.2 Å². The number of hydrogen-bond donors (Lipinski definition) is 1. The standard InChI is InChI=1S/C9H8N2S2/c1-6-8(13-9(12)11-6)7-3-2-4-10-5-7/h2-5H,1H3,(H,11,12). The molecule has 2 nitrogen and oxygen atoms in total. The summed E-state index contributed by atoms with van der Waals surface area (Å²) in [4.78, 5) is 8.36. The van der Waals surface area contributed by atoms with E-state index >= 15 is 0 Å². The molecule has 0 amide bonds. The van der Waals surface area contributed by atoms with Crippen LogP contribution in [0.2, 0.25) is 0 Å². The van der Waals surface area contributed by atoms with Gasteiger partial charge in [-0.1, -0.05) is 6.07 Å². The molecule has 0 aliphatic carbocycles. The highest BCUT2D eigenvalue weighted by Crippen LogP contribution is 2.26. The second-order valence-corrected chi connectivity index (χ2v) is 4.40. The van der Waals surface area contributed by atoms with Crippen molar-refractivity contribution in [3.8, 4) is 10.4 Å². The molecule has 0 aliphatic rings. The van der Waals surface area contributed by atoms with Gasteiger partial charge in [0.2, 0.25) is 0 Å². The molecule has 1 N–H and O–H groups in total. The first kappa shape index (κ1) is 8.59. The second-order valence-electron chi connectivity index (χ2n) is 2.71. The third-order valence-corrected chi connectivity index (χ3v) is 3.13. The number of aromatic amines is 1. The van der Waals surface area contributed by atoms with Gasteiger partial charge >= 0.3 is 0 Å². The fraction of sp³-hybridized carbons (Fsp3) is 0.111. The van der Waals surface area contributed by atoms with Crippen molar-refractivity contribution in [1.82, 2.24) is 9.97 Å². The molecule has 13 heavy (non-hydrogen) atoms. The van der Waals surface area contributed by atoms with Crippen molar-refractivity contribution in [2.24, 2.45) is 0 Å². The van der Waals surface area contributed by atoms with E-state index in [-0.39, 0.29) is 0 Å². The van der Waals surface area contributed by atoms with Crippen LogP contribution in [0.15, 0.2) is 24.5 Å². The highest BCUT2D eigenvalue weighted by Gasteiger charge is 2.03. The lowest BCUT2D eigenvalue weighted by Crippen LogP contribution is -1.78. The van der Waals surface area contributed by atoms with Crippen LogP contribution in [0.4, 0.5) is 0 Å². The van der Waals surface area contributed by atoms with Gasteiger partial charge in [0.05, 0.1) is 4.88 Å². The van der Waals surface area contributed by atoms with Gasteiger partial charge in [0.15, 0.2) is 3.95 Å². The van der Waals surface area contributed by atoms with Crippen LogP contribution in [-0.4, -0.2) is 9.97 Å². The van der Waals surface area contributed by atoms with Crippen molar-refractivity contribution in [3.63, 3.8) is 0 Å².